The van der Waals surface area contributed by atoms with Crippen LogP contribution in [-0.4, -0.2) is 18.4 Å². The van der Waals surface area contributed by atoms with E-state index in [4.69, 9.17) is 4.74 Å². The first kappa shape index (κ1) is 17.4. The molecule has 5 heteroatoms. The molecule has 0 atom stereocenters. The van der Waals surface area contributed by atoms with Gasteiger partial charge in [0.2, 0.25) is 0 Å². The third kappa shape index (κ3) is 5.96. The number of carbonyl (C=O) groups excluding carboxylic acids is 2. The monoisotopic (exact) mass is 344 g/mol. The largest absolute Gasteiger partial charge is 0.460 e. The molecule has 0 aromatic heterocycles. The maximum Gasteiger partial charge on any atom is 0.379 e. The molecule has 0 saturated heterocycles. The van der Waals surface area contributed by atoms with Crippen molar-refractivity contribution in [1.82, 2.24) is 0 Å². The predicted molar refractivity (Wildman–Crippen MR) is 94.3 cm³/mol. The summed E-state index contributed by atoms with van der Waals surface area (Å²) in [7, 11) is 0. The number of thioether (sulfide) groups is 2. The van der Waals surface area contributed by atoms with Crippen molar-refractivity contribution >= 4 is 35.3 Å². The summed E-state index contributed by atoms with van der Waals surface area (Å²) in [6.07, 6.45) is 1.34. The molecule has 118 valence electrons. The zero-order valence-electron chi connectivity index (χ0n) is 12.6. The fourth-order valence-electron chi connectivity index (χ4n) is 1.66. The summed E-state index contributed by atoms with van der Waals surface area (Å²) >= 11 is 2.89. The number of hydrogen-bond donors (Lipinski definition) is 0. The van der Waals surface area contributed by atoms with E-state index in [1.165, 1.54) is 29.6 Å². The average Bonchev–Trinajstić information content (AvgIpc) is 2.57. The molecule has 0 saturated carbocycles. The molecule has 2 aromatic rings. The van der Waals surface area contributed by atoms with E-state index in [2.05, 4.69) is 0 Å². The molecule has 0 unspecified atom stereocenters. The number of ether oxygens (including phenoxy) is 1. The average molecular weight is 344 g/mol. The standard InChI is InChI=1S/C18H16O3S2/c1-2-21-18(20)16(19)13-17(22-14-9-5-3-6-10-14)23-15-11-7-4-8-12-15/h3-13H,2H2,1H3. The van der Waals surface area contributed by atoms with Gasteiger partial charge in [0.1, 0.15) is 0 Å². The summed E-state index contributed by atoms with van der Waals surface area (Å²) in [5.74, 6) is -1.47. The van der Waals surface area contributed by atoms with E-state index in [-0.39, 0.29) is 6.61 Å². The van der Waals surface area contributed by atoms with E-state index in [1.807, 2.05) is 60.7 Å². The third-order valence-electron chi connectivity index (χ3n) is 2.65. The van der Waals surface area contributed by atoms with Crippen molar-refractivity contribution < 1.29 is 14.3 Å². The molecular weight excluding hydrogens is 328 g/mol. The zero-order chi connectivity index (χ0) is 16.5. The van der Waals surface area contributed by atoms with Crippen LogP contribution in [0, 0.1) is 0 Å². The molecule has 3 nitrogen and oxygen atoms in total. The van der Waals surface area contributed by atoms with E-state index < -0.39 is 11.8 Å². The summed E-state index contributed by atoms with van der Waals surface area (Å²) in [4.78, 5) is 25.5. The van der Waals surface area contributed by atoms with Crippen LogP contribution >= 0.6 is 23.5 Å². The molecular formula is C18H16O3S2. The molecule has 0 fully saturated rings. The Morgan fingerprint density at radius 2 is 1.39 bits per heavy atom. The summed E-state index contributed by atoms with van der Waals surface area (Å²) in [5.41, 5.74) is 0. The molecule has 0 radical (unpaired) electrons. The topological polar surface area (TPSA) is 43.4 Å². The van der Waals surface area contributed by atoms with E-state index in [0.717, 1.165) is 14.0 Å². The summed E-state index contributed by atoms with van der Waals surface area (Å²) in [6.45, 7) is 1.86. The Morgan fingerprint density at radius 1 is 0.913 bits per heavy atom. The fraction of sp³-hybridized carbons (Fsp3) is 0.111. The summed E-state index contributed by atoms with van der Waals surface area (Å²) in [5, 5.41) is 0. The SMILES string of the molecule is CCOC(=O)C(=O)C=C(Sc1ccccc1)Sc1ccccc1. The van der Waals surface area contributed by atoms with Gasteiger partial charge in [0.15, 0.2) is 0 Å². The smallest absolute Gasteiger partial charge is 0.379 e. The molecule has 0 amide bonds. The van der Waals surface area contributed by atoms with Gasteiger partial charge < -0.3 is 4.74 Å². The minimum atomic E-state index is -0.827. The first-order valence-electron chi connectivity index (χ1n) is 7.07. The first-order valence-corrected chi connectivity index (χ1v) is 8.71. The van der Waals surface area contributed by atoms with Gasteiger partial charge in [0.05, 0.1) is 10.8 Å². The predicted octanol–water partition coefficient (Wildman–Crippen LogP) is 4.54. The van der Waals surface area contributed by atoms with Crippen molar-refractivity contribution in [3.05, 3.63) is 71.0 Å². The van der Waals surface area contributed by atoms with Gasteiger partial charge in [0.25, 0.3) is 5.78 Å². The minimum absolute atomic E-state index is 0.186. The lowest BCUT2D eigenvalue weighted by atomic mass is 10.4. The Labute approximate surface area is 144 Å². The Kier molecular flexibility index (Phi) is 6.97. The Bertz CT molecular complexity index is 638. The van der Waals surface area contributed by atoms with Crippen LogP contribution in [0.2, 0.25) is 0 Å². The van der Waals surface area contributed by atoms with Gasteiger partial charge in [-0.2, -0.15) is 0 Å². The summed E-state index contributed by atoms with van der Waals surface area (Å²) in [6, 6.07) is 19.4. The Morgan fingerprint density at radius 3 is 1.83 bits per heavy atom. The molecule has 2 rings (SSSR count). The molecule has 0 heterocycles. The lowest BCUT2D eigenvalue weighted by Gasteiger charge is -2.07. The fourth-order valence-corrected chi connectivity index (χ4v) is 3.78. The maximum atomic E-state index is 11.9. The van der Waals surface area contributed by atoms with Crippen molar-refractivity contribution in [2.75, 3.05) is 6.61 Å². The Balaban J connectivity index is 2.20. The molecule has 0 aliphatic carbocycles. The van der Waals surface area contributed by atoms with E-state index >= 15 is 0 Å². The lowest BCUT2D eigenvalue weighted by molar-refractivity contribution is -0.151. The van der Waals surface area contributed by atoms with Crippen LogP contribution in [0.1, 0.15) is 6.92 Å². The molecule has 0 bridgehead atoms. The molecule has 0 aliphatic heterocycles. The highest BCUT2D eigenvalue weighted by atomic mass is 32.2. The van der Waals surface area contributed by atoms with Crippen molar-refractivity contribution in [3.63, 3.8) is 0 Å². The molecule has 2 aromatic carbocycles. The van der Waals surface area contributed by atoms with Crippen LogP contribution in [0.4, 0.5) is 0 Å². The first-order chi connectivity index (χ1) is 11.2. The van der Waals surface area contributed by atoms with Crippen molar-refractivity contribution in [2.45, 2.75) is 16.7 Å². The van der Waals surface area contributed by atoms with Crippen LogP contribution in [0.3, 0.4) is 0 Å². The van der Waals surface area contributed by atoms with Crippen LogP contribution in [0.25, 0.3) is 0 Å². The molecule has 0 aliphatic rings. The highest BCUT2D eigenvalue weighted by Gasteiger charge is 2.14. The van der Waals surface area contributed by atoms with Gasteiger partial charge in [-0.05, 0) is 31.2 Å². The number of ketones is 1. The molecule has 0 N–H and O–H groups in total. The van der Waals surface area contributed by atoms with Crippen LogP contribution < -0.4 is 0 Å². The second-order valence-electron chi connectivity index (χ2n) is 4.38. The van der Waals surface area contributed by atoms with E-state index in [1.54, 1.807) is 6.92 Å². The minimum Gasteiger partial charge on any atom is -0.460 e. The molecule has 23 heavy (non-hydrogen) atoms. The van der Waals surface area contributed by atoms with Crippen molar-refractivity contribution in [3.8, 4) is 0 Å². The van der Waals surface area contributed by atoms with Crippen molar-refractivity contribution in [2.24, 2.45) is 0 Å². The van der Waals surface area contributed by atoms with E-state index in [0.29, 0.717) is 0 Å². The van der Waals surface area contributed by atoms with Gasteiger partial charge in [-0.25, -0.2) is 4.79 Å². The second kappa shape index (κ2) is 9.22. The highest BCUT2D eigenvalue weighted by Crippen LogP contribution is 2.38. The number of hydrogen-bond acceptors (Lipinski definition) is 5. The number of esters is 1. The van der Waals surface area contributed by atoms with Crippen LogP contribution in [-0.2, 0) is 14.3 Å². The lowest BCUT2D eigenvalue weighted by Crippen LogP contribution is -2.14. The zero-order valence-corrected chi connectivity index (χ0v) is 14.2. The normalized spacial score (nSPS) is 9.96. The second-order valence-corrected chi connectivity index (χ2v) is 6.87. The maximum absolute atomic E-state index is 11.9. The third-order valence-corrected chi connectivity index (χ3v) is 4.80. The summed E-state index contributed by atoms with van der Waals surface area (Å²) < 4.78 is 5.48. The van der Waals surface area contributed by atoms with Gasteiger partial charge in [-0.15, -0.1) is 0 Å². The molecule has 0 spiro atoms. The van der Waals surface area contributed by atoms with Crippen LogP contribution in [0.5, 0.6) is 0 Å². The number of rotatable bonds is 7. The number of carbonyl (C=O) groups is 2. The van der Waals surface area contributed by atoms with Gasteiger partial charge in [-0.3, -0.25) is 4.79 Å². The van der Waals surface area contributed by atoms with Crippen molar-refractivity contribution in [1.29, 1.82) is 0 Å². The van der Waals surface area contributed by atoms with Gasteiger partial charge >= 0.3 is 5.97 Å². The quantitative estimate of drug-likeness (QED) is 0.319. The van der Waals surface area contributed by atoms with Gasteiger partial charge in [0, 0.05) is 15.9 Å². The van der Waals surface area contributed by atoms with E-state index in [9.17, 15) is 9.59 Å². The Hall–Kier alpha value is -1.98. The van der Waals surface area contributed by atoms with Gasteiger partial charge in [-0.1, -0.05) is 59.9 Å². The highest BCUT2D eigenvalue weighted by molar-refractivity contribution is 8.22. The van der Waals surface area contributed by atoms with Crippen LogP contribution in [0.15, 0.2) is 80.8 Å². The number of benzene rings is 2.